The number of benzene rings is 2. The molecule has 6 nitrogen and oxygen atoms in total. The molecule has 2 aromatic carbocycles. The number of hydrogen-bond acceptors (Lipinski definition) is 4. The van der Waals surface area contributed by atoms with Gasteiger partial charge in [-0.3, -0.25) is 0 Å². The number of nitrogens with zero attached hydrogens (tertiary/aromatic N) is 1. The van der Waals surface area contributed by atoms with E-state index < -0.39 is 0 Å². The number of ether oxygens (including phenoxy) is 2. The van der Waals surface area contributed by atoms with Crippen molar-refractivity contribution in [2.75, 3.05) is 14.2 Å². The monoisotopic (exact) mass is 380 g/mol. The van der Waals surface area contributed by atoms with Crippen LogP contribution in [0.25, 0.3) is 0 Å². The number of hydrogen-bond donors (Lipinski definition) is 1. The Morgan fingerprint density at radius 1 is 0.929 bits per heavy atom. The normalized spacial score (nSPS) is 10.4. The van der Waals surface area contributed by atoms with E-state index in [4.69, 9.17) is 13.9 Å². The van der Waals surface area contributed by atoms with E-state index in [0.717, 1.165) is 16.9 Å². The van der Waals surface area contributed by atoms with Crippen molar-refractivity contribution in [3.63, 3.8) is 0 Å². The first-order valence-corrected chi connectivity index (χ1v) is 8.99. The molecule has 1 heterocycles. The Morgan fingerprint density at radius 3 is 2.39 bits per heavy atom. The molecule has 0 saturated carbocycles. The van der Waals surface area contributed by atoms with Crippen LogP contribution in [0, 0.1) is 0 Å². The first kappa shape index (κ1) is 19.4. The van der Waals surface area contributed by atoms with Gasteiger partial charge in [-0.2, -0.15) is 0 Å². The number of urea groups is 1. The van der Waals surface area contributed by atoms with E-state index in [1.54, 1.807) is 25.4 Å². The van der Waals surface area contributed by atoms with Crippen LogP contribution in [-0.2, 0) is 19.6 Å². The van der Waals surface area contributed by atoms with Gasteiger partial charge in [-0.05, 0) is 35.4 Å². The van der Waals surface area contributed by atoms with Crippen molar-refractivity contribution in [1.82, 2.24) is 10.2 Å². The maximum absolute atomic E-state index is 12.8. The van der Waals surface area contributed by atoms with Gasteiger partial charge in [0.15, 0.2) is 11.5 Å². The molecule has 0 bridgehead atoms. The average molecular weight is 380 g/mol. The van der Waals surface area contributed by atoms with Crippen LogP contribution in [0.5, 0.6) is 11.5 Å². The second kappa shape index (κ2) is 9.50. The highest BCUT2D eigenvalue weighted by atomic mass is 16.5. The zero-order valence-corrected chi connectivity index (χ0v) is 16.1. The highest BCUT2D eigenvalue weighted by Gasteiger charge is 2.17. The van der Waals surface area contributed by atoms with E-state index in [0.29, 0.717) is 31.1 Å². The van der Waals surface area contributed by atoms with E-state index in [1.807, 2.05) is 60.7 Å². The first-order chi connectivity index (χ1) is 13.7. The third-order valence-electron chi connectivity index (χ3n) is 4.32. The predicted molar refractivity (Wildman–Crippen MR) is 106 cm³/mol. The van der Waals surface area contributed by atoms with Crippen molar-refractivity contribution in [1.29, 1.82) is 0 Å². The summed E-state index contributed by atoms with van der Waals surface area (Å²) in [6, 6.07) is 18.9. The summed E-state index contributed by atoms with van der Waals surface area (Å²) in [5.41, 5.74) is 1.97. The van der Waals surface area contributed by atoms with Crippen LogP contribution in [0.15, 0.2) is 71.3 Å². The number of carbonyl (C=O) groups is 1. The predicted octanol–water partition coefficient (Wildman–Crippen LogP) is 4.21. The summed E-state index contributed by atoms with van der Waals surface area (Å²) in [7, 11) is 3.19. The molecule has 0 aliphatic heterocycles. The smallest absolute Gasteiger partial charge is 0.318 e. The van der Waals surface area contributed by atoms with Crippen LogP contribution in [0.1, 0.15) is 16.9 Å². The quantitative estimate of drug-likeness (QED) is 0.636. The molecule has 3 rings (SSSR count). The summed E-state index contributed by atoms with van der Waals surface area (Å²) < 4.78 is 16.1. The summed E-state index contributed by atoms with van der Waals surface area (Å²) in [6.07, 6.45) is 1.60. The molecule has 0 spiro atoms. The molecule has 2 amide bonds. The summed E-state index contributed by atoms with van der Waals surface area (Å²) >= 11 is 0. The van der Waals surface area contributed by atoms with Gasteiger partial charge in [-0.1, -0.05) is 36.4 Å². The molecule has 0 radical (unpaired) electrons. The molecule has 0 atom stereocenters. The number of amides is 2. The zero-order chi connectivity index (χ0) is 19.8. The van der Waals surface area contributed by atoms with Gasteiger partial charge >= 0.3 is 6.03 Å². The highest BCUT2D eigenvalue weighted by molar-refractivity contribution is 5.74. The second-order valence-electron chi connectivity index (χ2n) is 6.27. The number of rotatable bonds is 8. The number of carbonyl (C=O) groups excluding carboxylic acids is 1. The Hall–Kier alpha value is -3.41. The van der Waals surface area contributed by atoms with Crippen LogP contribution in [0.3, 0.4) is 0 Å². The highest BCUT2D eigenvalue weighted by Crippen LogP contribution is 2.28. The van der Waals surface area contributed by atoms with Gasteiger partial charge in [0.2, 0.25) is 0 Å². The van der Waals surface area contributed by atoms with E-state index in [1.165, 1.54) is 0 Å². The van der Waals surface area contributed by atoms with Crippen molar-refractivity contribution < 1.29 is 18.7 Å². The summed E-state index contributed by atoms with van der Waals surface area (Å²) in [6.45, 7) is 1.23. The number of nitrogens with one attached hydrogen (secondary N) is 1. The minimum atomic E-state index is -0.171. The molecular formula is C22H24N2O4. The molecule has 3 aromatic rings. The third kappa shape index (κ3) is 5.07. The van der Waals surface area contributed by atoms with Crippen LogP contribution in [-0.4, -0.2) is 25.2 Å². The largest absolute Gasteiger partial charge is 0.493 e. The van der Waals surface area contributed by atoms with Crippen LogP contribution in [0.4, 0.5) is 4.79 Å². The standard InChI is InChI=1S/C22H24N2O4/c1-26-20-11-10-18(13-21(20)27-2)15-24(16-19-9-6-12-28-19)22(25)23-14-17-7-4-3-5-8-17/h3-13H,14-16H2,1-2H3,(H,23,25). The molecular weight excluding hydrogens is 356 g/mol. The Morgan fingerprint density at radius 2 is 1.71 bits per heavy atom. The fourth-order valence-corrected chi connectivity index (χ4v) is 2.87. The zero-order valence-electron chi connectivity index (χ0n) is 16.1. The SMILES string of the molecule is COc1ccc(CN(Cc2ccco2)C(=O)NCc2ccccc2)cc1OC. The molecule has 28 heavy (non-hydrogen) atoms. The summed E-state index contributed by atoms with van der Waals surface area (Å²) in [5, 5.41) is 2.97. The fraction of sp³-hybridized carbons (Fsp3) is 0.227. The molecule has 0 unspecified atom stereocenters. The fourth-order valence-electron chi connectivity index (χ4n) is 2.87. The molecule has 146 valence electrons. The minimum Gasteiger partial charge on any atom is -0.493 e. The Balaban J connectivity index is 1.73. The lowest BCUT2D eigenvalue weighted by molar-refractivity contribution is 0.186. The maximum atomic E-state index is 12.8. The third-order valence-corrected chi connectivity index (χ3v) is 4.32. The van der Waals surface area contributed by atoms with E-state index in [2.05, 4.69) is 5.32 Å². The molecule has 6 heteroatoms. The molecule has 0 fully saturated rings. The van der Waals surface area contributed by atoms with Crippen molar-refractivity contribution in [3.8, 4) is 11.5 Å². The number of furan rings is 1. The van der Waals surface area contributed by atoms with E-state index in [-0.39, 0.29) is 6.03 Å². The lowest BCUT2D eigenvalue weighted by atomic mass is 10.2. The second-order valence-corrected chi connectivity index (χ2v) is 6.27. The van der Waals surface area contributed by atoms with Crippen LogP contribution in [0.2, 0.25) is 0 Å². The molecule has 1 aromatic heterocycles. The van der Waals surface area contributed by atoms with Gasteiger partial charge < -0.3 is 24.1 Å². The minimum absolute atomic E-state index is 0.171. The molecule has 1 N–H and O–H groups in total. The van der Waals surface area contributed by atoms with Crippen LogP contribution < -0.4 is 14.8 Å². The number of methoxy groups -OCH3 is 2. The molecule has 0 aliphatic rings. The van der Waals surface area contributed by atoms with Gasteiger partial charge in [-0.15, -0.1) is 0 Å². The van der Waals surface area contributed by atoms with Gasteiger partial charge in [0.1, 0.15) is 5.76 Å². The molecule has 0 saturated heterocycles. The van der Waals surface area contributed by atoms with Gasteiger partial charge in [-0.25, -0.2) is 4.79 Å². The van der Waals surface area contributed by atoms with Gasteiger partial charge in [0.25, 0.3) is 0 Å². The molecule has 0 aliphatic carbocycles. The lowest BCUT2D eigenvalue weighted by Crippen LogP contribution is -2.38. The summed E-state index contributed by atoms with van der Waals surface area (Å²) in [4.78, 5) is 14.5. The van der Waals surface area contributed by atoms with Gasteiger partial charge in [0.05, 0.1) is 27.0 Å². The van der Waals surface area contributed by atoms with E-state index in [9.17, 15) is 4.79 Å². The van der Waals surface area contributed by atoms with Gasteiger partial charge in [0, 0.05) is 13.1 Å². The summed E-state index contributed by atoms with van der Waals surface area (Å²) in [5.74, 6) is 2.00. The van der Waals surface area contributed by atoms with E-state index >= 15 is 0 Å². The Kier molecular flexibility index (Phi) is 6.57. The first-order valence-electron chi connectivity index (χ1n) is 8.99. The maximum Gasteiger partial charge on any atom is 0.318 e. The van der Waals surface area contributed by atoms with Crippen molar-refractivity contribution in [3.05, 3.63) is 83.8 Å². The Labute approximate surface area is 164 Å². The van der Waals surface area contributed by atoms with Crippen molar-refractivity contribution in [2.24, 2.45) is 0 Å². The van der Waals surface area contributed by atoms with Crippen molar-refractivity contribution >= 4 is 6.03 Å². The van der Waals surface area contributed by atoms with Crippen LogP contribution >= 0.6 is 0 Å². The topological polar surface area (TPSA) is 63.9 Å². The average Bonchev–Trinajstić information content (AvgIpc) is 3.25. The lowest BCUT2D eigenvalue weighted by Gasteiger charge is -2.23. The Bertz CT molecular complexity index is 879. The van der Waals surface area contributed by atoms with Crippen molar-refractivity contribution in [2.45, 2.75) is 19.6 Å².